The van der Waals surface area contributed by atoms with E-state index in [9.17, 15) is 57.4 Å². The minimum Gasteiger partial charge on any atom is -0.455 e. The quantitative estimate of drug-likeness (QED) is 0.0949. The number of carbonyl (C=O) groups is 3. The SMILES string of the molecule is CC(C)C(=O)OC1[C@@H](OC(=O)C(C)C)[C@H](OP(=O)(O)O)C(OP(=O)(O)O)[C@@H](OP(=O)(O)O)[C@H]1OC(=O)C(C)C. The van der Waals surface area contributed by atoms with Gasteiger partial charge in [0.2, 0.25) is 0 Å². The van der Waals surface area contributed by atoms with Crippen LogP contribution in [0.15, 0.2) is 0 Å². The first-order valence-corrected chi connectivity index (χ1v) is 15.9. The average Bonchev–Trinajstić information content (AvgIpc) is 2.72. The van der Waals surface area contributed by atoms with Gasteiger partial charge in [-0.05, 0) is 0 Å². The molecule has 1 rings (SSSR count). The molecule has 228 valence electrons. The highest BCUT2D eigenvalue weighted by Crippen LogP contribution is 2.51. The van der Waals surface area contributed by atoms with Gasteiger partial charge in [0.05, 0.1) is 17.8 Å². The Morgan fingerprint density at radius 1 is 0.462 bits per heavy atom. The molecular formula is C18H33O18P3. The first-order valence-electron chi connectivity index (χ1n) is 11.3. The van der Waals surface area contributed by atoms with Crippen molar-refractivity contribution in [2.24, 2.45) is 17.8 Å². The van der Waals surface area contributed by atoms with Crippen LogP contribution in [0.25, 0.3) is 0 Å². The number of phosphoric ester groups is 3. The molecule has 6 N–H and O–H groups in total. The molecule has 0 saturated heterocycles. The van der Waals surface area contributed by atoms with Gasteiger partial charge < -0.3 is 43.6 Å². The molecule has 21 heteroatoms. The van der Waals surface area contributed by atoms with Crippen molar-refractivity contribution in [3.63, 3.8) is 0 Å². The second-order valence-corrected chi connectivity index (χ2v) is 12.9. The maximum absolute atomic E-state index is 12.6. The Bertz CT molecular complexity index is 966. The Morgan fingerprint density at radius 2 is 0.641 bits per heavy atom. The zero-order valence-corrected chi connectivity index (χ0v) is 24.3. The number of hydrogen-bond donors (Lipinski definition) is 6. The number of carbonyl (C=O) groups excluding carboxylic acids is 3. The van der Waals surface area contributed by atoms with Crippen molar-refractivity contribution >= 4 is 41.4 Å². The molecule has 0 spiro atoms. The first-order chi connectivity index (χ1) is 17.4. The van der Waals surface area contributed by atoms with Crippen LogP contribution in [0.2, 0.25) is 0 Å². The van der Waals surface area contributed by atoms with Crippen LogP contribution in [0, 0.1) is 17.8 Å². The molecule has 1 fully saturated rings. The van der Waals surface area contributed by atoms with Gasteiger partial charge in [0.1, 0.15) is 18.3 Å². The first kappa shape index (κ1) is 35.8. The summed E-state index contributed by atoms with van der Waals surface area (Å²) >= 11 is 0. The number of ether oxygens (including phenoxy) is 3. The minimum atomic E-state index is -5.72. The number of rotatable bonds is 12. The van der Waals surface area contributed by atoms with Crippen LogP contribution >= 0.6 is 23.5 Å². The van der Waals surface area contributed by atoms with Crippen molar-refractivity contribution < 1.29 is 85.2 Å². The normalized spacial score (nSPS) is 26.5. The molecule has 1 aliphatic rings. The largest absolute Gasteiger partial charge is 0.470 e. The number of phosphoric acid groups is 3. The van der Waals surface area contributed by atoms with E-state index in [0.29, 0.717) is 0 Å². The van der Waals surface area contributed by atoms with Crippen molar-refractivity contribution in [3.05, 3.63) is 0 Å². The van der Waals surface area contributed by atoms with Crippen LogP contribution in [0.5, 0.6) is 0 Å². The third kappa shape index (κ3) is 11.6. The average molecular weight is 630 g/mol. The molecule has 0 heterocycles. The van der Waals surface area contributed by atoms with Crippen molar-refractivity contribution in [2.45, 2.75) is 78.2 Å². The molecule has 0 aromatic carbocycles. The van der Waals surface area contributed by atoms with Crippen LogP contribution in [-0.2, 0) is 55.9 Å². The van der Waals surface area contributed by atoms with Crippen LogP contribution in [0.4, 0.5) is 0 Å². The zero-order chi connectivity index (χ0) is 30.7. The van der Waals surface area contributed by atoms with Crippen molar-refractivity contribution in [1.82, 2.24) is 0 Å². The summed E-state index contributed by atoms with van der Waals surface area (Å²) in [5, 5.41) is 0. The highest BCUT2D eigenvalue weighted by molar-refractivity contribution is 7.47. The lowest BCUT2D eigenvalue weighted by Crippen LogP contribution is -2.68. The van der Waals surface area contributed by atoms with Gasteiger partial charge in [-0.3, -0.25) is 28.0 Å². The summed E-state index contributed by atoms with van der Waals surface area (Å²) < 4.78 is 65.1. The summed E-state index contributed by atoms with van der Waals surface area (Å²) in [6.07, 6.45) is -14.2. The molecule has 39 heavy (non-hydrogen) atoms. The van der Waals surface area contributed by atoms with Crippen LogP contribution in [-0.4, -0.2) is 83.9 Å². The fraction of sp³-hybridized carbons (Fsp3) is 0.833. The molecule has 18 nitrogen and oxygen atoms in total. The molecular weight excluding hydrogens is 597 g/mol. The highest BCUT2D eigenvalue weighted by atomic mass is 31.2. The molecule has 1 saturated carbocycles. The van der Waals surface area contributed by atoms with Gasteiger partial charge in [-0.1, -0.05) is 41.5 Å². The van der Waals surface area contributed by atoms with Gasteiger partial charge in [0, 0.05) is 0 Å². The topological polar surface area (TPSA) is 279 Å². The monoisotopic (exact) mass is 630 g/mol. The van der Waals surface area contributed by atoms with E-state index in [4.69, 9.17) is 14.2 Å². The summed E-state index contributed by atoms with van der Waals surface area (Å²) in [4.78, 5) is 94.7. The number of esters is 3. The van der Waals surface area contributed by atoms with Crippen molar-refractivity contribution in [2.75, 3.05) is 0 Å². The van der Waals surface area contributed by atoms with E-state index >= 15 is 0 Å². The Morgan fingerprint density at radius 3 is 0.821 bits per heavy atom. The Labute approximate surface area is 223 Å². The summed E-state index contributed by atoms with van der Waals surface area (Å²) in [6.45, 7) is 8.03. The number of hydrogen-bond acceptors (Lipinski definition) is 12. The van der Waals surface area contributed by atoms with Gasteiger partial charge in [-0.25, -0.2) is 13.7 Å². The summed E-state index contributed by atoms with van der Waals surface area (Å²) in [7, 11) is -17.1. The maximum Gasteiger partial charge on any atom is 0.470 e. The van der Waals surface area contributed by atoms with Gasteiger partial charge >= 0.3 is 41.4 Å². The molecule has 0 radical (unpaired) electrons. The third-order valence-electron chi connectivity index (χ3n) is 4.89. The second kappa shape index (κ2) is 13.6. The molecule has 0 amide bonds. The van der Waals surface area contributed by atoms with Crippen LogP contribution < -0.4 is 0 Å². The van der Waals surface area contributed by atoms with E-state index in [-0.39, 0.29) is 0 Å². The third-order valence-corrected chi connectivity index (χ3v) is 6.45. The fourth-order valence-corrected chi connectivity index (χ4v) is 4.84. The molecule has 2 unspecified atom stereocenters. The summed E-state index contributed by atoms with van der Waals surface area (Å²) in [5.41, 5.74) is 0. The van der Waals surface area contributed by atoms with E-state index in [1.165, 1.54) is 41.5 Å². The maximum atomic E-state index is 12.6. The van der Waals surface area contributed by atoms with Gasteiger partial charge in [0.15, 0.2) is 18.3 Å². The molecule has 6 atom stereocenters. The summed E-state index contributed by atoms with van der Waals surface area (Å²) in [6, 6.07) is 0. The predicted molar refractivity (Wildman–Crippen MR) is 125 cm³/mol. The lowest BCUT2D eigenvalue weighted by atomic mass is 9.84. The van der Waals surface area contributed by atoms with E-state index in [0.717, 1.165) is 0 Å². The van der Waals surface area contributed by atoms with E-state index < -0.39 is 95.8 Å². The second-order valence-electron chi connectivity index (χ2n) is 9.35. The Balaban J connectivity index is 4.04. The van der Waals surface area contributed by atoms with Gasteiger partial charge in [-0.15, -0.1) is 0 Å². The minimum absolute atomic E-state index is 0.917. The van der Waals surface area contributed by atoms with E-state index in [1.54, 1.807) is 0 Å². The molecule has 0 aliphatic heterocycles. The van der Waals surface area contributed by atoms with Crippen molar-refractivity contribution in [3.8, 4) is 0 Å². The lowest BCUT2D eigenvalue weighted by molar-refractivity contribution is -0.243. The Hall–Kier alpha value is -1.26. The standard InChI is InChI=1S/C18H33O18P3/c1-7(2)16(19)31-10-11(32-17(20)8(3)4)13(34-37(22,23)24)15(36-39(28,29)30)14(35-38(25,26)27)12(10)33-18(21)9(5)6/h7-15H,1-6H3,(H2,22,23,24)(H2,25,26,27)(H2,28,29,30)/t10?,11-,12+,13-,14-,15?/m0/s1. The van der Waals surface area contributed by atoms with Crippen molar-refractivity contribution in [1.29, 1.82) is 0 Å². The molecule has 0 aromatic rings. The summed E-state index contributed by atoms with van der Waals surface area (Å²) in [5.74, 6) is -6.09. The fourth-order valence-electron chi connectivity index (χ4n) is 3.17. The molecule has 0 aromatic heterocycles. The smallest absolute Gasteiger partial charge is 0.455 e. The van der Waals surface area contributed by atoms with Crippen LogP contribution in [0.1, 0.15) is 41.5 Å². The lowest BCUT2D eigenvalue weighted by Gasteiger charge is -2.48. The van der Waals surface area contributed by atoms with E-state index in [2.05, 4.69) is 13.6 Å². The molecule has 0 bridgehead atoms. The highest BCUT2D eigenvalue weighted by Gasteiger charge is 2.62. The van der Waals surface area contributed by atoms with Gasteiger partial charge in [0.25, 0.3) is 0 Å². The van der Waals surface area contributed by atoms with Gasteiger partial charge in [-0.2, -0.15) is 0 Å². The van der Waals surface area contributed by atoms with E-state index in [1.807, 2.05) is 0 Å². The predicted octanol–water partition coefficient (Wildman–Crippen LogP) is 0.137. The Kier molecular flexibility index (Phi) is 12.5. The van der Waals surface area contributed by atoms with Crippen LogP contribution in [0.3, 0.4) is 0 Å². The molecule has 1 aliphatic carbocycles. The zero-order valence-electron chi connectivity index (χ0n) is 21.6.